The van der Waals surface area contributed by atoms with Gasteiger partial charge in [-0.2, -0.15) is 0 Å². The summed E-state index contributed by atoms with van der Waals surface area (Å²) in [4.78, 5) is 0. The Bertz CT molecular complexity index is 539. The Morgan fingerprint density at radius 1 is 0.696 bits per heavy atom. The van der Waals surface area contributed by atoms with Crippen molar-refractivity contribution in [1.82, 2.24) is 0 Å². The van der Waals surface area contributed by atoms with Crippen LogP contribution in [0.4, 0.5) is 0 Å². The van der Waals surface area contributed by atoms with Crippen molar-refractivity contribution in [3.05, 3.63) is 0 Å². The largest absolute Gasteiger partial charge is 0.384 e. The molecule has 0 saturated carbocycles. The van der Waals surface area contributed by atoms with E-state index in [1.54, 1.807) is 41.5 Å². The van der Waals surface area contributed by atoms with Crippen LogP contribution in [0.15, 0.2) is 0 Å². The maximum absolute atomic E-state index is 11.7. The summed E-state index contributed by atoms with van der Waals surface area (Å²) < 4.78 is 49.4. The average molecular weight is 373 g/mol. The first kappa shape index (κ1) is 25.1. The molecular formula is C16H36O5S2. The van der Waals surface area contributed by atoms with Crippen LogP contribution in [0.25, 0.3) is 0 Å². The van der Waals surface area contributed by atoms with Crippen LogP contribution in [0, 0.1) is 5.41 Å². The SMILES string of the molecule is CC(C)(C)CS(=O)(=O)C(C)(C)C.COCCS(=O)(=O)C(C)(C)C. The van der Waals surface area contributed by atoms with Gasteiger partial charge in [0.25, 0.3) is 0 Å². The fourth-order valence-corrected chi connectivity index (χ4v) is 3.86. The molecule has 0 bridgehead atoms. The third-order valence-corrected chi connectivity index (χ3v) is 8.73. The molecule has 0 unspecified atom stereocenters. The smallest absolute Gasteiger partial charge is 0.157 e. The summed E-state index contributed by atoms with van der Waals surface area (Å²) in [6.45, 7) is 16.4. The van der Waals surface area contributed by atoms with Crippen molar-refractivity contribution in [2.45, 2.75) is 71.8 Å². The molecule has 142 valence electrons. The lowest BCUT2D eigenvalue weighted by atomic mass is 10.0. The summed E-state index contributed by atoms with van der Waals surface area (Å²) in [7, 11) is -4.44. The zero-order chi connectivity index (χ0) is 19.3. The van der Waals surface area contributed by atoms with Crippen LogP contribution >= 0.6 is 0 Å². The molecule has 0 aliphatic carbocycles. The molecule has 0 saturated heterocycles. The van der Waals surface area contributed by atoms with Crippen LogP contribution in [-0.4, -0.2) is 51.6 Å². The lowest BCUT2D eigenvalue weighted by molar-refractivity contribution is 0.216. The second-order valence-electron chi connectivity index (χ2n) is 8.86. The van der Waals surface area contributed by atoms with Gasteiger partial charge in [0, 0.05) is 7.11 Å². The number of ether oxygens (including phenoxy) is 1. The zero-order valence-electron chi connectivity index (χ0n) is 16.5. The first-order chi connectivity index (χ1) is 9.77. The number of hydrogen-bond acceptors (Lipinski definition) is 5. The molecule has 23 heavy (non-hydrogen) atoms. The van der Waals surface area contributed by atoms with Gasteiger partial charge in [-0.3, -0.25) is 0 Å². The predicted octanol–water partition coefficient (Wildman–Crippen LogP) is 3.09. The van der Waals surface area contributed by atoms with Crippen molar-refractivity contribution in [3.63, 3.8) is 0 Å². The molecule has 0 aromatic carbocycles. The molecule has 0 fully saturated rings. The van der Waals surface area contributed by atoms with Crippen LogP contribution in [0.2, 0.25) is 0 Å². The number of rotatable bonds is 4. The van der Waals surface area contributed by atoms with Crippen molar-refractivity contribution in [1.29, 1.82) is 0 Å². The molecule has 7 heteroatoms. The Kier molecular flexibility index (Phi) is 9.06. The van der Waals surface area contributed by atoms with Crippen molar-refractivity contribution < 1.29 is 21.6 Å². The van der Waals surface area contributed by atoms with E-state index in [2.05, 4.69) is 0 Å². The van der Waals surface area contributed by atoms with Gasteiger partial charge in [-0.25, -0.2) is 16.8 Å². The molecule has 0 aliphatic heterocycles. The third-order valence-electron chi connectivity index (χ3n) is 3.05. The molecule has 0 aromatic rings. The minimum atomic E-state index is -2.98. The molecule has 0 aromatic heterocycles. The molecule has 0 aliphatic rings. The fraction of sp³-hybridized carbons (Fsp3) is 1.00. The summed E-state index contributed by atoms with van der Waals surface area (Å²) in [5, 5.41) is 0. The summed E-state index contributed by atoms with van der Waals surface area (Å²) in [5.41, 5.74) is -0.147. The fourth-order valence-electron chi connectivity index (χ4n) is 1.29. The maximum Gasteiger partial charge on any atom is 0.157 e. The summed E-state index contributed by atoms with van der Waals surface area (Å²) in [6.07, 6.45) is 0. The second-order valence-corrected chi connectivity index (χ2v) is 14.5. The molecule has 0 spiro atoms. The van der Waals surface area contributed by atoms with E-state index in [0.717, 1.165) is 0 Å². The van der Waals surface area contributed by atoms with Crippen LogP contribution in [0.3, 0.4) is 0 Å². The van der Waals surface area contributed by atoms with E-state index in [9.17, 15) is 16.8 Å². The van der Waals surface area contributed by atoms with Crippen molar-refractivity contribution in [3.8, 4) is 0 Å². The minimum absolute atomic E-state index is 0.104. The van der Waals surface area contributed by atoms with E-state index in [0.29, 0.717) is 0 Å². The molecule has 5 nitrogen and oxygen atoms in total. The number of hydrogen-bond donors (Lipinski definition) is 0. The van der Waals surface area contributed by atoms with Gasteiger partial charge < -0.3 is 4.74 Å². The van der Waals surface area contributed by atoms with E-state index < -0.39 is 29.2 Å². The topological polar surface area (TPSA) is 77.5 Å². The highest BCUT2D eigenvalue weighted by Crippen LogP contribution is 2.24. The molecule has 0 rings (SSSR count). The Hall–Kier alpha value is -0.140. The summed E-state index contributed by atoms with van der Waals surface area (Å²) >= 11 is 0. The highest BCUT2D eigenvalue weighted by atomic mass is 32.2. The van der Waals surface area contributed by atoms with Gasteiger partial charge in [0.2, 0.25) is 0 Å². The van der Waals surface area contributed by atoms with Gasteiger partial charge in [0.1, 0.15) is 0 Å². The highest BCUT2D eigenvalue weighted by Gasteiger charge is 2.32. The number of methoxy groups -OCH3 is 1. The highest BCUT2D eigenvalue weighted by molar-refractivity contribution is 7.93. The molecular weight excluding hydrogens is 336 g/mol. The van der Waals surface area contributed by atoms with Gasteiger partial charge in [-0.15, -0.1) is 0 Å². The lowest BCUT2D eigenvalue weighted by Crippen LogP contribution is -2.35. The second kappa shape index (κ2) is 8.30. The summed E-state index contributed by atoms with van der Waals surface area (Å²) in [6, 6.07) is 0. The monoisotopic (exact) mass is 372 g/mol. The van der Waals surface area contributed by atoms with E-state index in [-0.39, 0.29) is 23.5 Å². The van der Waals surface area contributed by atoms with Crippen LogP contribution in [-0.2, 0) is 24.4 Å². The van der Waals surface area contributed by atoms with Gasteiger partial charge >= 0.3 is 0 Å². The minimum Gasteiger partial charge on any atom is -0.384 e. The Labute approximate surface area is 144 Å². The maximum atomic E-state index is 11.7. The first-order valence-corrected chi connectivity index (χ1v) is 11.0. The van der Waals surface area contributed by atoms with Crippen molar-refractivity contribution in [2.75, 3.05) is 25.2 Å². The lowest BCUT2D eigenvalue weighted by Gasteiger charge is -2.25. The Morgan fingerprint density at radius 2 is 1.04 bits per heavy atom. The van der Waals surface area contributed by atoms with Crippen LogP contribution in [0.1, 0.15) is 62.3 Å². The van der Waals surface area contributed by atoms with Crippen LogP contribution < -0.4 is 0 Å². The van der Waals surface area contributed by atoms with Gasteiger partial charge in [-0.05, 0) is 47.0 Å². The molecule has 0 radical (unpaired) electrons. The molecule has 0 N–H and O–H groups in total. The molecule has 0 heterocycles. The van der Waals surface area contributed by atoms with Gasteiger partial charge in [0.05, 0.1) is 27.6 Å². The first-order valence-electron chi connectivity index (χ1n) is 7.70. The molecule has 0 amide bonds. The summed E-state index contributed by atoms with van der Waals surface area (Å²) in [5.74, 6) is 0.358. The van der Waals surface area contributed by atoms with Gasteiger partial charge in [0.15, 0.2) is 19.7 Å². The predicted molar refractivity (Wildman–Crippen MR) is 98.4 cm³/mol. The van der Waals surface area contributed by atoms with E-state index >= 15 is 0 Å². The standard InChI is InChI=1S/C9H20O2S.C7H16O3S/c1-8(2,3)7-12(10,11)9(4,5)6;1-7(2,3)11(8,9)6-5-10-4/h7H2,1-6H3;5-6H2,1-4H3. The Balaban J connectivity index is 0. The van der Waals surface area contributed by atoms with Crippen molar-refractivity contribution in [2.24, 2.45) is 5.41 Å². The quantitative estimate of drug-likeness (QED) is 0.758. The van der Waals surface area contributed by atoms with E-state index in [4.69, 9.17) is 4.74 Å². The number of sulfone groups is 2. The zero-order valence-corrected chi connectivity index (χ0v) is 18.1. The normalized spacial score (nSPS) is 14.2. The van der Waals surface area contributed by atoms with Crippen molar-refractivity contribution >= 4 is 19.7 Å². The third kappa shape index (κ3) is 10.4. The molecule has 0 atom stereocenters. The van der Waals surface area contributed by atoms with E-state index in [1.807, 2.05) is 20.8 Å². The van der Waals surface area contributed by atoms with Gasteiger partial charge in [-0.1, -0.05) is 20.8 Å². The average Bonchev–Trinajstić information content (AvgIpc) is 2.20. The Morgan fingerprint density at radius 3 is 1.22 bits per heavy atom. The van der Waals surface area contributed by atoms with Crippen LogP contribution in [0.5, 0.6) is 0 Å². The van der Waals surface area contributed by atoms with E-state index in [1.165, 1.54) is 7.11 Å².